The molecular formula is C24H25N3O3S. The van der Waals surface area contributed by atoms with Crippen molar-refractivity contribution in [3.63, 3.8) is 0 Å². The van der Waals surface area contributed by atoms with Gasteiger partial charge in [-0.1, -0.05) is 60.6 Å². The molecule has 2 aromatic carbocycles. The number of hydrogen-bond donors (Lipinski definition) is 2. The summed E-state index contributed by atoms with van der Waals surface area (Å²) in [6.45, 7) is 4.75. The maximum Gasteiger partial charge on any atom is 0.257 e. The summed E-state index contributed by atoms with van der Waals surface area (Å²) in [5, 5.41) is 3.27. The van der Waals surface area contributed by atoms with Gasteiger partial charge in [-0.25, -0.2) is 4.98 Å². The molecule has 0 bridgehead atoms. The number of fused-ring (bicyclic) bond motifs is 1. The number of nitrogens with zero attached hydrogens (tertiary/aromatic N) is 1. The number of carbonyl (C=O) groups excluding carboxylic acids is 1. The monoisotopic (exact) mass is 435 g/mol. The number of aromatic amines is 1. The van der Waals surface area contributed by atoms with E-state index in [0.29, 0.717) is 28.9 Å². The van der Waals surface area contributed by atoms with Crippen molar-refractivity contribution in [2.45, 2.75) is 43.5 Å². The Morgan fingerprint density at radius 1 is 1.16 bits per heavy atom. The summed E-state index contributed by atoms with van der Waals surface area (Å²) < 4.78 is 5.64. The number of anilines is 1. The first-order valence-electron chi connectivity index (χ1n) is 10.4. The van der Waals surface area contributed by atoms with E-state index in [4.69, 9.17) is 4.74 Å². The summed E-state index contributed by atoms with van der Waals surface area (Å²) >= 11 is 1.44. The third-order valence-electron chi connectivity index (χ3n) is 5.14. The molecule has 1 aliphatic rings. The SMILES string of the molecule is CCCOc1ccc([C@@H]2CC(=O)Nc3nc(SCc4cccc(C)c4)[nH]c(=O)c32)cc1. The lowest BCUT2D eigenvalue weighted by molar-refractivity contribution is -0.116. The molecule has 1 amide bonds. The molecule has 6 nitrogen and oxygen atoms in total. The van der Waals surface area contributed by atoms with Gasteiger partial charge in [0.2, 0.25) is 5.91 Å². The second kappa shape index (κ2) is 9.39. The second-order valence-corrected chi connectivity index (χ2v) is 8.60. The van der Waals surface area contributed by atoms with E-state index < -0.39 is 0 Å². The lowest BCUT2D eigenvalue weighted by Gasteiger charge is -2.24. The van der Waals surface area contributed by atoms with Crippen LogP contribution in [0, 0.1) is 6.92 Å². The first-order chi connectivity index (χ1) is 15.0. The van der Waals surface area contributed by atoms with Crippen molar-refractivity contribution in [1.82, 2.24) is 9.97 Å². The summed E-state index contributed by atoms with van der Waals surface area (Å²) in [4.78, 5) is 32.8. The van der Waals surface area contributed by atoms with Gasteiger partial charge >= 0.3 is 0 Å². The van der Waals surface area contributed by atoms with E-state index in [1.807, 2.05) is 49.4 Å². The van der Waals surface area contributed by atoms with Crippen LogP contribution in [0.3, 0.4) is 0 Å². The first-order valence-corrected chi connectivity index (χ1v) is 11.4. The summed E-state index contributed by atoms with van der Waals surface area (Å²) in [6, 6.07) is 15.8. The van der Waals surface area contributed by atoms with Gasteiger partial charge in [0.05, 0.1) is 12.2 Å². The molecule has 0 unspecified atom stereocenters. The van der Waals surface area contributed by atoms with Crippen LogP contribution >= 0.6 is 11.8 Å². The molecule has 1 aromatic heterocycles. The molecule has 2 N–H and O–H groups in total. The molecule has 0 saturated heterocycles. The number of carbonyl (C=O) groups is 1. The first kappa shape index (κ1) is 21.2. The number of aryl methyl sites for hydroxylation is 1. The Labute approximate surface area is 185 Å². The van der Waals surface area contributed by atoms with Gasteiger partial charge in [0.15, 0.2) is 5.16 Å². The number of amides is 1. The van der Waals surface area contributed by atoms with Crippen molar-refractivity contribution < 1.29 is 9.53 Å². The molecule has 0 saturated carbocycles. The standard InChI is InChI=1S/C24H25N3O3S/c1-3-11-30-18-9-7-17(8-10-18)19-13-20(28)25-22-21(19)23(29)27-24(26-22)31-14-16-6-4-5-15(2)12-16/h4-10,12,19H,3,11,13-14H2,1-2H3,(H2,25,26,27,28,29)/t19-/m0/s1. The minimum absolute atomic E-state index is 0.142. The zero-order chi connectivity index (χ0) is 21.8. The van der Waals surface area contributed by atoms with Gasteiger partial charge in [0.25, 0.3) is 5.56 Å². The molecule has 7 heteroatoms. The van der Waals surface area contributed by atoms with Crippen LogP contribution < -0.4 is 15.6 Å². The van der Waals surface area contributed by atoms with E-state index in [2.05, 4.69) is 28.3 Å². The summed E-state index contributed by atoms with van der Waals surface area (Å²) in [5.41, 5.74) is 3.52. The predicted octanol–water partition coefficient (Wildman–Crippen LogP) is 4.63. The molecular weight excluding hydrogens is 410 g/mol. The van der Waals surface area contributed by atoms with E-state index in [1.165, 1.54) is 17.3 Å². The zero-order valence-electron chi connectivity index (χ0n) is 17.6. The molecule has 0 spiro atoms. The summed E-state index contributed by atoms with van der Waals surface area (Å²) in [5.74, 6) is 1.33. The van der Waals surface area contributed by atoms with Crippen LogP contribution in [0.4, 0.5) is 5.82 Å². The normalized spacial score (nSPS) is 15.3. The molecule has 0 aliphatic carbocycles. The molecule has 0 fully saturated rings. The molecule has 2 heterocycles. The van der Waals surface area contributed by atoms with Crippen molar-refractivity contribution in [2.75, 3.05) is 11.9 Å². The maximum atomic E-state index is 13.0. The molecule has 3 aromatic rings. The minimum atomic E-state index is -0.337. The number of thioether (sulfide) groups is 1. The number of hydrogen-bond acceptors (Lipinski definition) is 5. The third-order valence-corrected chi connectivity index (χ3v) is 6.09. The topological polar surface area (TPSA) is 84.1 Å². The molecule has 1 aliphatic heterocycles. The lowest BCUT2D eigenvalue weighted by atomic mass is 9.87. The number of aromatic nitrogens is 2. The van der Waals surface area contributed by atoms with Gasteiger partial charge in [-0.15, -0.1) is 0 Å². The average Bonchev–Trinajstić information content (AvgIpc) is 2.76. The van der Waals surface area contributed by atoms with Crippen LogP contribution in [0.25, 0.3) is 0 Å². The van der Waals surface area contributed by atoms with Crippen molar-refractivity contribution in [2.24, 2.45) is 0 Å². The summed E-state index contributed by atoms with van der Waals surface area (Å²) in [7, 11) is 0. The van der Waals surface area contributed by atoms with Crippen molar-refractivity contribution in [1.29, 1.82) is 0 Å². The Kier molecular flexibility index (Phi) is 6.42. The van der Waals surface area contributed by atoms with Gasteiger partial charge in [0, 0.05) is 18.1 Å². The highest BCUT2D eigenvalue weighted by atomic mass is 32.2. The second-order valence-electron chi connectivity index (χ2n) is 7.63. The molecule has 4 rings (SSSR count). The number of H-pyrrole nitrogens is 1. The van der Waals surface area contributed by atoms with Crippen molar-refractivity contribution >= 4 is 23.5 Å². The highest BCUT2D eigenvalue weighted by Gasteiger charge is 2.31. The van der Waals surface area contributed by atoms with Crippen LogP contribution in [0.15, 0.2) is 58.5 Å². The number of nitrogens with one attached hydrogen (secondary N) is 2. The number of ether oxygens (including phenoxy) is 1. The highest BCUT2D eigenvalue weighted by molar-refractivity contribution is 7.98. The lowest BCUT2D eigenvalue weighted by Crippen LogP contribution is -2.31. The Bertz CT molecular complexity index is 1140. The number of rotatable bonds is 7. The van der Waals surface area contributed by atoms with E-state index in [0.717, 1.165) is 23.3 Å². The fraction of sp³-hybridized carbons (Fsp3) is 0.292. The van der Waals surface area contributed by atoms with Crippen molar-refractivity contribution in [3.05, 3.63) is 81.1 Å². The van der Waals surface area contributed by atoms with E-state index in [-0.39, 0.29) is 23.8 Å². The average molecular weight is 436 g/mol. The fourth-order valence-electron chi connectivity index (χ4n) is 3.67. The Hall–Kier alpha value is -3.06. The van der Waals surface area contributed by atoms with E-state index >= 15 is 0 Å². The van der Waals surface area contributed by atoms with E-state index in [9.17, 15) is 9.59 Å². The Balaban J connectivity index is 1.59. The largest absolute Gasteiger partial charge is 0.494 e. The molecule has 160 valence electrons. The van der Waals surface area contributed by atoms with Crippen LogP contribution in [-0.4, -0.2) is 22.5 Å². The fourth-order valence-corrected chi connectivity index (χ4v) is 4.48. The van der Waals surface area contributed by atoms with Crippen LogP contribution in [0.5, 0.6) is 5.75 Å². The Morgan fingerprint density at radius 2 is 1.97 bits per heavy atom. The zero-order valence-corrected chi connectivity index (χ0v) is 18.4. The highest BCUT2D eigenvalue weighted by Crippen LogP contribution is 2.35. The molecule has 1 atom stereocenters. The van der Waals surface area contributed by atoms with E-state index in [1.54, 1.807) is 0 Å². The molecule has 31 heavy (non-hydrogen) atoms. The van der Waals surface area contributed by atoms with Crippen molar-refractivity contribution in [3.8, 4) is 5.75 Å². The van der Waals surface area contributed by atoms with Gasteiger partial charge in [-0.05, 0) is 36.6 Å². The quantitative estimate of drug-likeness (QED) is 0.417. The van der Waals surface area contributed by atoms with Gasteiger partial charge in [0.1, 0.15) is 11.6 Å². The van der Waals surface area contributed by atoms with Crippen LogP contribution in [0.2, 0.25) is 0 Å². The predicted molar refractivity (Wildman–Crippen MR) is 123 cm³/mol. The number of benzene rings is 2. The van der Waals surface area contributed by atoms with Crippen LogP contribution in [-0.2, 0) is 10.5 Å². The van der Waals surface area contributed by atoms with Gasteiger partial charge in [-0.2, -0.15) is 0 Å². The maximum absolute atomic E-state index is 13.0. The van der Waals surface area contributed by atoms with Gasteiger partial charge in [-0.3, -0.25) is 9.59 Å². The molecule has 0 radical (unpaired) electrons. The smallest absolute Gasteiger partial charge is 0.257 e. The minimum Gasteiger partial charge on any atom is -0.494 e. The Morgan fingerprint density at radius 3 is 2.71 bits per heavy atom. The summed E-state index contributed by atoms with van der Waals surface area (Å²) in [6.07, 6.45) is 1.14. The third kappa shape index (κ3) is 4.99. The van der Waals surface area contributed by atoms with Gasteiger partial charge < -0.3 is 15.0 Å². The van der Waals surface area contributed by atoms with Crippen LogP contribution in [0.1, 0.15) is 47.9 Å².